The molecule has 0 aliphatic heterocycles. The molecular formula is C21H21N3O5. The fraction of sp³-hybridized carbons (Fsp3) is 0.190. The number of nitrogens with zero attached hydrogens (tertiary/aromatic N) is 2. The topological polar surface area (TPSA) is 91.7 Å². The van der Waals surface area contributed by atoms with Gasteiger partial charge in [0, 0.05) is 6.20 Å². The molecule has 1 N–H and O–H groups in total. The van der Waals surface area contributed by atoms with Crippen molar-refractivity contribution < 1.29 is 23.8 Å². The number of amides is 1. The Kier molecular flexibility index (Phi) is 6.47. The van der Waals surface area contributed by atoms with Crippen molar-refractivity contribution in [2.24, 2.45) is 0 Å². The van der Waals surface area contributed by atoms with E-state index in [9.17, 15) is 9.59 Å². The lowest BCUT2D eigenvalue weighted by Gasteiger charge is -2.06. The first-order valence-electron chi connectivity index (χ1n) is 9.00. The smallest absolute Gasteiger partial charge is 0.417 e. The second-order valence-corrected chi connectivity index (χ2v) is 5.99. The van der Waals surface area contributed by atoms with Crippen molar-refractivity contribution in [2.45, 2.75) is 13.5 Å². The van der Waals surface area contributed by atoms with E-state index in [1.807, 2.05) is 30.3 Å². The van der Waals surface area contributed by atoms with Gasteiger partial charge in [0.15, 0.2) is 5.69 Å². The molecule has 0 saturated carbocycles. The van der Waals surface area contributed by atoms with Crippen LogP contribution in [0.15, 0.2) is 60.8 Å². The predicted molar refractivity (Wildman–Crippen MR) is 106 cm³/mol. The summed E-state index contributed by atoms with van der Waals surface area (Å²) in [4.78, 5) is 24.5. The molecule has 0 unspecified atom stereocenters. The summed E-state index contributed by atoms with van der Waals surface area (Å²) in [7, 11) is 1.60. The van der Waals surface area contributed by atoms with Crippen LogP contribution in [0.25, 0.3) is 0 Å². The third kappa shape index (κ3) is 5.35. The van der Waals surface area contributed by atoms with E-state index < -0.39 is 12.1 Å². The van der Waals surface area contributed by atoms with Gasteiger partial charge in [0.25, 0.3) is 0 Å². The highest BCUT2D eigenvalue weighted by atomic mass is 16.6. The van der Waals surface area contributed by atoms with E-state index >= 15 is 0 Å². The zero-order chi connectivity index (χ0) is 20.6. The average molecular weight is 395 g/mol. The van der Waals surface area contributed by atoms with E-state index in [0.29, 0.717) is 12.3 Å². The van der Waals surface area contributed by atoms with E-state index in [2.05, 4.69) is 10.4 Å². The normalized spacial score (nSPS) is 10.3. The Hall–Kier alpha value is -3.81. The number of carbonyl (C=O) groups is 2. The molecule has 2 aromatic carbocycles. The monoisotopic (exact) mass is 395 g/mol. The maximum Gasteiger partial charge on any atom is 0.417 e. The van der Waals surface area contributed by atoms with Crippen molar-refractivity contribution in [3.63, 3.8) is 0 Å². The minimum Gasteiger partial charge on any atom is -0.497 e. The van der Waals surface area contributed by atoms with Crippen LogP contribution in [-0.2, 0) is 11.3 Å². The number of anilines is 1. The number of benzene rings is 2. The predicted octanol–water partition coefficient (Wildman–Crippen LogP) is 3.73. The van der Waals surface area contributed by atoms with E-state index in [1.165, 1.54) is 0 Å². The van der Waals surface area contributed by atoms with Gasteiger partial charge in [-0.25, -0.2) is 9.59 Å². The lowest BCUT2D eigenvalue weighted by molar-refractivity contribution is 0.0519. The highest BCUT2D eigenvalue weighted by molar-refractivity contribution is 5.98. The highest BCUT2D eigenvalue weighted by Gasteiger charge is 2.20. The molecule has 0 saturated heterocycles. The molecule has 0 atom stereocenters. The molecule has 0 spiro atoms. The number of hydrogen-bond donors (Lipinski definition) is 1. The van der Waals surface area contributed by atoms with Gasteiger partial charge in [-0.1, -0.05) is 30.3 Å². The first kappa shape index (κ1) is 19.9. The van der Waals surface area contributed by atoms with Gasteiger partial charge >= 0.3 is 12.1 Å². The molecule has 3 aromatic rings. The van der Waals surface area contributed by atoms with Crippen molar-refractivity contribution in [2.75, 3.05) is 19.0 Å². The largest absolute Gasteiger partial charge is 0.497 e. The summed E-state index contributed by atoms with van der Waals surface area (Å²) in [5.41, 5.74) is 1.16. The summed E-state index contributed by atoms with van der Waals surface area (Å²) in [5, 5.41) is 6.82. The van der Waals surface area contributed by atoms with Gasteiger partial charge in [0.05, 0.1) is 25.9 Å². The zero-order valence-corrected chi connectivity index (χ0v) is 16.1. The molecule has 1 aromatic heterocycles. The van der Waals surface area contributed by atoms with Crippen LogP contribution in [0.3, 0.4) is 0 Å². The number of carbonyl (C=O) groups excluding carboxylic acids is 2. The molecule has 0 bridgehead atoms. The summed E-state index contributed by atoms with van der Waals surface area (Å²) in [5.74, 6) is 0.497. The molecular weight excluding hydrogens is 374 g/mol. The number of ether oxygens (including phenoxy) is 3. The van der Waals surface area contributed by atoms with Crippen LogP contribution in [0.2, 0.25) is 0 Å². The Morgan fingerprint density at radius 1 is 1.03 bits per heavy atom. The Morgan fingerprint density at radius 3 is 2.41 bits per heavy atom. The van der Waals surface area contributed by atoms with E-state index in [4.69, 9.17) is 14.2 Å². The second kappa shape index (κ2) is 9.41. The Bertz CT molecular complexity index is 968. The minimum absolute atomic E-state index is 0.00498. The zero-order valence-electron chi connectivity index (χ0n) is 16.1. The lowest BCUT2D eigenvalue weighted by atomic mass is 10.2. The summed E-state index contributed by atoms with van der Waals surface area (Å²) >= 11 is 0. The van der Waals surface area contributed by atoms with Crippen LogP contribution in [0, 0.1) is 0 Å². The molecule has 150 valence electrons. The third-order valence-corrected chi connectivity index (χ3v) is 3.92. The number of para-hydroxylation sites is 1. The van der Waals surface area contributed by atoms with Gasteiger partial charge in [-0.05, 0) is 36.8 Å². The van der Waals surface area contributed by atoms with Crippen LogP contribution < -0.4 is 14.8 Å². The standard InChI is InChI=1S/C21H21N3O5/c1-3-28-20(25)19-18(22-21(26)29-17-7-5-4-6-8-17)14-24(23-19)13-15-9-11-16(27-2)12-10-15/h4-12,14H,3,13H2,1-2H3,(H,22,26). The van der Waals surface area contributed by atoms with Crippen molar-refractivity contribution in [1.29, 1.82) is 0 Å². The first-order chi connectivity index (χ1) is 14.1. The summed E-state index contributed by atoms with van der Waals surface area (Å²) < 4.78 is 16.9. The van der Waals surface area contributed by atoms with Crippen LogP contribution in [0.4, 0.5) is 10.5 Å². The molecule has 1 amide bonds. The van der Waals surface area contributed by atoms with E-state index in [1.54, 1.807) is 49.2 Å². The Morgan fingerprint density at radius 2 is 1.76 bits per heavy atom. The number of rotatable bonds is 7. The van der Waals surface area contributed by atoms with E-state index in [0.717, 1.165) is 11.3 Å². The van der Waals surface area contributed by atoms with E-state index in [-0.39, 0.29) is 18.0 Å². The summed E-state index contributed by atoms with van der Waals surface area (Å²) in [6.45, 7) is 2.28. The first-order valence-corrected chi connectivity index (χ1v) is 9.00. The quantitative estimate of drug-likeness (QED) is 0.613. The number of aromatic nitrogens is 2. The fourth-order valence-corrected chi connectivity index (χ4v) is 2.59. The van der Waals surface area contributed by atoms with Gasteiger partial charge in [0.1, 0.15) is 11.5 Å². The molecule has 8 nitrogen and oxygen atoms in total. The van der Waals surface area contributed by atoms with Gasteiger partial charge in [-0.2, -0.15) is 5.10 Å². The van der Waals surface area contributed by atoms with Gasteiger partial charge in [0.2, 0.25) is 0 Å². The number of esters is 1. The molecule has 0 radical (unpaired) electrons. The Labute approximate surface area is 168 Å². The van der Waals surface area contributed by atoms with Crippen LogP contribution in [-0.4, -0.2) is 35.6 Å². The van der Waals surface area contributed by atoms with Crippen LogP contribution >= 0.6 is 0 Å². The lowest BCUT2D eigenvalue weighted by Crippen LogP contribution is -2.18. The molecule has 0 fully saturated rings. The maximum absolute atomic E-state index is 12.2. The average Bonchev–Trinajstić information content (AvgIpc) is 3.11. The van der Waals surface area contributed by atoms with Crippen LogP contribution in [0.1, 0.15) is 23.0 Å². The van der Waals surface area contributed by atoms with Crippen molar-refractivity contribution in [3.05, 3.63) is 72.1 Å². The molecule has 0 aliphatic carbocycles. The number of methoxy groups -OCH3 is 1. The van der Waals surface area contributed by atoms with Crippen molar-refractivity contribution in [1.82, 2.24) is 9.78 Å². The summed E-state index contributed by atoms with van der Waals surface area (Å²) in [6, 6.07) is 16.1. The highest BCUT2D eigenvalue weighted by Crippen LogP contribution is 2.19. The molecule has 8 heteroatoms. The molecule has 3 rings (SSSR count). The Balaban J connectivity index is 1.78. The minimum atomic E-state index is -0.731. The van der Waals surface area contributed by atoms with Crippen molar-refractivity contribution in [3.8, 4) is 11.5 Å². The SMILES string of the molecule is CCOC(=O)c1nn(Cc2ccc(OC)cc2)cc1NC(=O)Oc1ccccc1. The van der Waals surface area contributed by atoms with Crippen molar-refractivity contribution >= 4 is 17.7 Å². The fourth-order valence-electron chi connectivity index (χ4n) is 2.59. The molecule has 29 heavy (non-hydrogen) atoms. The van der Waals surface area contributed by atoms with Gasteiger partial charge in [-0.3, -0.25) is 10.00 Å². The third-order valence-electron chi connectivity index (χ3n) is 3.92. The number of hydrogen-bond acceptors (Lipinski definition) is 6. The maximum atomic E-state index is 12.2. The second-order valence-electron chi connectivity index (χ2n) is 5.99. The van der Waals surface area contributed by atoms with Gasteiger partial charge < -0.3 is 14.2 Å². The summed E-state index contributed by atoms with van der Waals surface area (Å²) in [6.07, 6.45) is 0.827. The van der Waals surface area contributed by atoms with Crippen LogP contribution in [0.5, 0.6) is 11.5 Å². The number of nitrogens with one attached hydrogen (secondary N) is 1. The molecule has 1 heterocycles. The van der Waals surface area contributed by atoms with Gasteiger partial charge in [-0.15, -0.1) is 0 Å². The molecule has 0 aliphatic rings.